The molecule has 0 spiro atoms. The van der Waals surface area contributed by atoms with E-state index in [0.717, 1.165) is 22.1 Å². The number of hydrogen-bond acceptors (Lipinski definition) is 5. The molecule has 0 N–H and O–H groups in total. The smallest absolute Gasteiger partial charge is 0.164 e. The van der Waals surface area contributed by atoms with Crippen LogP contribution in [-0.4, -0.2) is 15.0 Å². The zero-order valence-electron chi connectivity index (χ0n) is 30.1. The van der Waals surface area contributed by atoms with E-state index in [2.05, 4.69) is 152 Å². The third-order valence-corrected chi connectivity index (χ3v) is 13.0. The molecule has 0 saturated carbocycles. The van der Waals surface area contributed by atoms with E-state index in [4.69, 9.17) is 15.0 Å². The van der Waals surface area contributed by atoms with Crippen molar-refractivity contribution in [3.63, 3.8) is 0 Å². The van der Waals surface area contributed by atoms with Gasteiger partial charge in [-0.25, -0.2) is 15.0 Å². The highest BCUT2D eigenvalue weighted by molar-refractivity contribution is 7.27. The molecule has 11 rings (SSSR count). The normalized spacial score (nSPS) is 11.6. The van der Waals surface area contributed by atoms with Crippen LogP contribution in [0.25, 0.3) is 108 Å². The van der Waals surface area contributed by atoms with Gasteiger partial charge in [0.15, 0.2) is 17.5 Å². The van der Waals surface area contributed by atoms with Crippen LogP contribution < -0.4 is 0 Å². The van der Waals surface area contributed by atoms with Gasteiger partial charge >= 0.3 is 0 Å². The molecule has 0 aliphatic carbocycles. The second-order valence-corrected chi connectivity index (χ2v) is 16.0. The number of aromatic nitrogens is 3. The highest BCUT2D eigenvalue weighted by atomic mass is 32.1. The third kappa shape index (κ3) is 5.51. The average molecular weight is 750 g/mol. The number of thiophene rings is 2. The third-order valence-electron chi connectivity index (χ3n) is 10.5. The highest BCUT2D eigenvalue weighted by Gasteiger charge is 2.23. The van der Waals surface area contributed by atoms with E-state index in [0.29, 0.717) is 17.5 Å². The first kappa shape index (κ1) is 32.6. The fraction of sp³-hybridized carbons (Fsp3) is 0. The number of fused-ring (bicyclic) bond motifs is 6. The summed E-state index contributed by atoms with van der Waals surface area (Å²) in [5, 5.41) is 4.92. The molecule has 3 aromatic heterocycles. The van der Waals surface area contributed by atoms with Gasteiger partial charge in [0.25, 0.3) is 0 Å². The van der Waals surface area contributed by atoms with Crippen LogP contribution in [-0.2, 0) is 0 Å². The largest absolute Gasteiger partial charge is 0.208 e. The van der Waals surface area contributed by atoms with Gasteiger partial charge in [-0.2, -0.15) is 0 Å². The number of hydrogen-bond donors (Lipinski definition) is 0. The molecule has 5 heteroatoms. The second kappa shape index (κ2) is 13.5. The lowest BCUT2D eigenvalue weighted by Gasteiger charge is -2.13. The molecule has 8 aromatic carbocycles. The van der Waals surface area contributed by atoms with E-state index in [1.807, 2.05) is 59.1 Å². The van der Waals surface area contributed by atoms with E-state index in [1.165, 1.54) is 68.3 Å². The van der Waals surface area contributed by atoms with Crippen LogP contribution in [0.15, 0.2) is 188 Å². The number of benzene rings is 8. The van der Waals surface area contributed by atoms with Crippen LogP contribution in [0, 0.1) is 0 Å². The quantitative estimate of drug-likeness (QED) is 0.170. The topological polar surface area (TPSA) is 38.7 Å². The van der Waals surface area contributed by atoms with Crippen molar-refractivity contribution in [1.82, 2.24) is 15.0 Å². The van der Waals surface area contributed by atoms with Crippen molar-refractivity contribution >= 4 is 63.0 Å². The van der Waals surface area contributed by atoms with Gasteiger partial charge in [-0.3, -0.25) is 0 Å². The van der Waals surface area contributed by atoms with Crippen LogP contribution >= 0.6 is 22.7 Å². The summed E-state index contributed by atoms with van der Waals surface area (Å²) in [6, 6.07) is 66.7. The molecule has 262 valence electrons. The van der Waals surface area contributed by atoms with E-state index < -0.39 is 0 Å². The maximum absolute atomic E-state index is 5.27. The minimum absolute atomic E-state index is 0.649. The Morgan fingerprint density at radius 3 is 1.52 bits per heavy atom. The summed E-state index contributed by atoms with van der Waals surface area (Å²) in [7, 11) is 0. The summed E-state index contributed by atoms with van der Waals surface area (Å²) in [5.41, 5.74) is 10.1. The number of rotatable bonds is 6. The SMILES string of the molecule is c1ccc(-c2cc(-c3ccccc3)c3sc4c(-c5cccc6sc7ccccc7c56)ccc(-c5nc(-c6ccccc6)nc(-c6ccccc6)n5)c4c3c2)cc1. The maximum Gasteiger partial charge on any atom is 0.164 e. The Morgan fingerprint density at radius 1 is 0.286 bits per heavy atom. The van der Waals surface area contributed by atoms with Gasteiger partial charge in [0, 0.05) is 68.2 Å². The lowest BCUT2D eigenvalue weighted by atomic mass is 9.92. The fourth-order valence-electron chi connectivity index (χ4n) is 7.94. The first-order valence-corrected chi connectivity index (χ1v) is 20.3. The van der Waals surface area contributed by atoms with Gasteiger partial charge in [0.1, 0.15) is 0 Å². The molecule has 0 aliphatic heterocycles. The van der Waals surface area contributed by atoms with Gasteiger partial charge in [-0.05, 0) is 52.6 Å². The Bertz CT molecular complexity index is 3170. The lowest BCUT2D eigenvalue weighted by molar-refractivity contribution is 1.08. The Balaban J connectivity index is 1.28. The van der Waals surface area contributed by atoms with E-state index in [9.17, 15) is 0 Å². The summed E-state index contributed by atoms with van der Waals surface area (Å²) in [5.74, 6) is 1.95. The Labute approximate surface area is 331 Å². The maximum atomic E-state index is 5.27. The van der Waals surface area contributed by atoms with Crippen molar-refractivity contribution in [3.05, 3.63) is 188 Å². The van der Waals surface area contributed by atoms with Crippen molar-refractivity contribution in [2.24, 2.45) is 0 Å². The van der Waals surface area contributed by atoms with E-state index in [-0.39, 0.29) is 0 Å². The summed E-state index contributed by atoms with van der Waals surface area (Å²) >= 11 is 3.72. The molecule has 0 bridgehead atoms. The fourth-order valence-corrected chi connectivity index (χ4v) is 10.4. The monoisotopic (exact) mass is 749 g/mol. The van der Waals surface area contributed by atoms with Crippen molar-refractivity contribution in [1.29, 1.82) is 0 Å². The molecule has 56 heavy (non-hydrogen) atoms. The average Bonchev–Trinajstić information content (AvgIpc) is 3.86. The van der Waals surface area contributed by atoms with Crippen LogP contribution in [0.5, 0.6) is 0 Å². The molecule has 3 nitrogen and oxygen atoms in total. The Hall–Kier alpha value is -6.79. The molecule has 0 aliphatic rings. The molecular formula is C51H31N3S2. The summed E-state index contributed by atoms with van der Waals surface area (Å²) in [6.45, 7) is 0. The van der Waals surface area contributed by atoms with Gasteiger partial charge in [-0.15, -0.1) is 22.7 Å². The van der Waals surface area contributed by atoms with Crippen LogP contribution in [0.1, 0.15) is 0 Å². The van der Waals surface area contributed by atoms with Crippen LogP contribution in [0.2, 0.25) is 0 Å². The molecule has 0 fully saturated rings. The summed E-state index contributed by atoms with van der Waals surface area (Å²) in [6.07, 6.45) is 0. The van der Waals surface area contributed by atoms with Crippen molar-refractivity contribution in [3.8, 4) is 67.5 Å². The predicted molar refractivity (Wildman–Crippen MR) is 238 cm³/mol. The molecule has 0 radical (unpaired) electrons. The van der Waals surface area contributed by atoms with Crippen molar-refractivity contribution in [2.45, 2.75) is 0 Å². The summed E-state index contributed by atoms with van der Waals surface area (Å²) < 4.78 is 5.04. The molecule has 0 unspecified atom stereocenters. The Kier molecular flexibility index (Phi) is 7.87. The molecule has 3 heterocycles. The minimum atomic E-state index is 0.649. The van der Waals surface area contributed by atoms with Gasteiger partial charge in [0.05, 0.1) is 0 Å². The molecular weight excluding hydrogens is 719 g/mol. The van der Waals surface area contributed by atoms with Crippen molar-refractivity contribution < 1.29 is 0 Å². The van der Waals surface area contributed by atoms with Crippen LogP contribution in [0.4, 0.5) is 0 Å². The summed E-state index contributed by atoms with van der Waals surface area (Å²) in [4.78, 5) is 15.6. The second-order valence-electron chi connectivity index (χ2n) is 13.9. The number of nitrogens with zero attached hydrogens (tertiary/aromatic N) is 3. The predicted octanol–water partition coefficient (Wildman–Crippen LogP) is 14.6. The van der Waals surface area contributed by atoms with Crippen LogP contribution in [0.3, 0.4) is 0 Å². The first-order valence-electron chi connectivity index (χ1n) is 18.7. The van der Waals surface area contributed by atoms with E-state index >= 15 is 0 Å². The zero-order valence-corrected chi connectivity index (χ0v) is 31.7. The van der Waals surface area contributed by atoms with Gasteiger partial charge in [0.2, 0.25) is 0 Å². The van der Waals surface area contributed by atoms with Gasteiger partial charge < -0.3 is 0 Å². The molecule has 0 amide bonds. The molecule has 0 saturated heterocycles. The highest BCUT2D eigenvalue weighted by Crippen LogP contribution is 2.50. The zero-order chi connectivity index (χ0) is 37.0. The Morgan fingerprint density at radius 2 is 0.839 bits per heavy atom. The van der Waals surface area contributed by atoms with Crippen molar-refractivity contribution in [2.75, 3.05) is 0 Å². The molecule has 0 atom stereocenters. The molecule has 11 aromatic rings. The minimum Gasteiger partial charge on any atom is -0.208 e. The standard InChI is InChI=1S/C51H31N3S2/c1-5-16-32(17-6-1)36-30-41(33-18-7-2-8-19-33)47-42(31-36)46-40(51-53-49(34-20-9-3-10-21-34)52-50(54-51)35-22-11-4-12-23-35)29-28-38(48(46)56-47)37-25-15-27-44-45(37)39-24-13-14-26-43(39)55-44/h1-31H. The van der Waals surface area contributed by atoms with Gasteiger partial charge in [-0.1, -0.05) is 158 Å². The van der Waals surface area contributed by atoms with E-state index in [1.54, 1.807) is 0 Å². The lowest BCUT2D eigenvalue weighted by Crippen LogP contribution is -2.00. The first-order chi connectivity index (χ1) is 27.8.